The largest absolute Gasteiger partial charge is 0.381 e. The molecule has 1 aromatic rings. The highest BCUT2D eigenvalue weighted by Crippen LogP contribution is 2.24. The van der Waals surface area contributed by atoms with Crippen molar-refractivity contribution in [3.63, 3.8) is 0 Å². The predicted molar refractivity (Wildman–Crippen MR) is 55.9 cm³/mol. The Bertz CT molecular complexity index is 319. The van der Waals surface area contributed by atoms with E-state index >= 15 is 0 Å². The molecule has 16 heavy (non-hydrogen) atoms. The van der Waals surface area contributed by atoms with Crippen molar-refractivity contribution in [3.05, 3.63) is 11.7 Å². The van der Waals surface area contributed by atoms with Gasteiger partial charge in [0.15, 0.2) is 5.82 Å². The van der Waals surface area contributed by atoms with Crippen LogP contribution in [0.4, 0.5) is 0 Å². The van der Waals surface area contributed by atoms with Crippen molar-refractivity contribution < 1.29 is 14.0 Å². The van der Waals surface area contributed by atoms with Gasteiger partial charge in [0.2, 0.25) is 0 Å². The zero-order chi connectivity index (χ0) is 11.4. The van der Waals surface area contributed by atoms with E-state index in [1.807, 2.05) is 0 Å². The monoisotopic (exact) mass is 227 g/mol. The summed E-state index contributed by atoms with van der Waals surface area (Å²) in [5, 5.41) is 3.96. The molecule has 1 aliphatic rings. The third kappa shape index (κ3) is 2.40. The maximum atomic E-state index is 5.53. The lowest BCUT2D eigenvalue weighted by Gasteiger charge is -2.18. The van der Waals surface area contributed by atoms with Crippen molar-refractivity contribution in [1.82, 2.24) is 10.1 Å². The predicted octanol–water partition coefficient (Wildman–Crippen LogP) is 0.610. The molecular weight excluding hydrogens is 210 g/mol. The molecule has 2 atom stereocenters. The van der Waals surface area contributed by atoms with Gasteiger partial charge in [-0.1, -0.05) is 5.16 Å². The maximum absolute atomic E-state index is 5.53. The van der Waals surface area contributed by atoms with Crippen LogP contribution in [0.25, 0.3) is 0 Å². The molecule has 2 rings (SSSR count). The SMILES string of the molecule is COC(CN)c1nc(C2CCCOC2)no1. The summed E-state index contributed by atoms with van der Waals surface area (Å²) in [4.78, 5) is 4.31. The van der Waals surface area contributed by atoms with Gasteiger partial charge in [0, 0.05) is 26.2 Å². The molecule has 0 aromatic carbocycles. The standard InChI is InChI=1S/C10H17N3O3/c1-14-8(5-11)10-12-9(13-16-10)7-3-2-4-15-6-7/h7-8H,2-6,11H2,1H3. The van der Waals surface area contributed by atoms with E-state index in [1.165, 1.54) is 0 Å². The molecule has 0 amide bonds. The fraction of sp³-hybridized carbons (Fsp3) is 0.800. The molecule has 0 radical (unpaired) electrons. The Kier molecular flexibility index (Phi) is 3.87. The smallest absolute Gasteiger partial charge is 0.257 e. The minimum absolute atomic E-state index is 0.238. The van der Waals surface area contributed by atoms with Gasteiger partial charge in [0.1, 0.15) is 6.10 Å². The fourth-order valence-electron chi connectivity index (χ4n) is 1.79. The Balaban J connectivity index is 2.05. The van der Waals surface area contributed by atoms with Crippen LogP contribution in [0, 0.1) is 0 Å². The lowest BCUT2D eigenvalue weighted by molar-refractivity contribution is 0.0769. The van der Waals surface area contributed by atoms with Crippen molar-refractivity contribution in [1.29, 1.82) is 0 Å². The lowest BCUT2D eigenvalue weighted by atomic mass is 10.0. The second kappa shape index (κ2) is 5.38. The molecule has 1 fully saturated rings. The number of ether oxygens (including phenoxy) is 2. The molecule has 2 heterocycles. The summed E-state index contributed by atoms with van der Waals surface area (Å²) in [5.74, 6) is 1.39. The van der Waals surface area contributed by atoms with Crippen LogP contribution in [0.2, 0.25) is 0 Å². The zero-order valence-corrected chi connectivity index (χ0v) is 9.39. The molecule has 90 valence electrons. The molecule has 0 bridgehead atoms. The van der Waals surface area contributed by atoms with Crippen molar-refractivity contribution in [2.45, 2.75) is 24.9 Å². The van der Waals surface area contributed by atoms with Crippen LogP contribution in [0.15, 0.2) is 4.52 Å². The van der Waals surface area contributed by atoms with Gasteiger partial charge >= 0.3 is 0 Å². The second-order valence-corrected chi connectivity index (χ2v) is 3.86. The van der Waals surface area contributed by atoms with Crippen LogP contribution in [0.3, 0.4) is 0 Å². The van der Waals surface area contributed by atoms with Crippen molar-refractivity contribution in [2.24, 2.45) is 5.73 Å². The Morgan fingerprint density at radius 3 is 3.12 bits per heavy atom. The van der Waals surface area contributed by atoms with E-state index < -0.39 is 0 Å². The van der Waals surface area contributed by atoms with Crippen molar-refractivity contribution in [3.8, 4) is 0 Å². The molecular formula is C10H17N3O3. The number of nitrogens with zero attached hydrogens (tertiary/aromatic N) is 2. The van der Waals surface area contributed by atoms with Crippen LogP contribution < -0.4 is 5.73 Å². The van der Waals surface area contributed by atoms with E-state index in [0.29, 0.717) is 24.9 Å². The van der Waals surface area contributed by atoms with Gasteiger partial charge in [0.05, 0.1) is 6.61 Å². The number of methoxy groups -OCH3 is 1. The zero-order valence-electron chi connectivity index (χ0n) is 9.39. The number of hydrogen-bond donors (Lipinski definition) is 1. The Morgan fingerprint density at radius 1 is 1.62 bits per heavy atom. The molecule has 6 nitrogen and oxygen atoms in total. The highest BCUT2D eigenvalue weighted by Gasteiger charge is 2.24. The molecule has 2 N–H and O–H groups in total. The number of rotatable bonds is 4. The quantitative estimate of drug-likeness (QED) is 0.811. The fourth-order valence-corrected chi connectivity index (χ4v) is 1.79. The van der Waals surface area contributed by atoms with Gasteiger partial charge in [-0.3, -0.25) is 0 Å². The highest BCUT2D eigenvalue weighted by molar-refractivity contribution is 4.98. The summed E-state index contributed by atoms with van der Waals surface area (Å²) < 4.78 is 15.7. The first-order valence-electron chi connectivity index (χ1n) is 5.49. The third-order valence-electron chi connectivity index (χ3n) is 2.76. The van der Waals surface area contributed by atoms with Crippen LogP contribution in [0.1, 0.15) is 36.6 Å². The number of nitrogens with two attached hydrogens (primary N) is 1. The van der Waals surface area contributed by atoms with Gasteiger partial charge in [-0.2, -0.15) is 4.98 Å². The van der Waals surface area contributed by atoms with Gasteiger partial charge < -0.3 is 19.7 Å². The summed E-state index contributed by atoms with van der Waals surface area (Å²) in [7, 11) is 1.57. The normalized spacial score (nSPS) is 23.2. The Morgan fingerprint density at radius 2 is 2.50 bits per heavy atom. The van der Waals surface area contributed by atoms with Crippen molar-refractivity contribution in [2.75, 3.05) is 26.9 Å². The highest BCUT2D eigenvalue weighted by atomic mass is 16.5. The lowest BCUT2D eigenvalue weighted by Crippen LogP contribution is -2.17. The van der Waals surface area contributed by atoms with E-state index in [-0.39, 0.29) is 12.0 Å². The van der Waals surface area contributed by atoms with Gasteiger partial charge in [-0.05, 0) is 12.8 Å². The first-order chi connectivity index (χ1) is 7.85. The Hall–Kier alpha value is -0.980. The number of aromatic nitrogens is 2. The Labute approximate surface area is 94.1 Å². The van der Waals surface area contributed by atoms with Crippen LogP contribution in [-0.4, -0.2) is 37.0 Å². The molecule has 1 saturated heterocycles. The van der Waals surface area contributed by atoms with E-state index in [4.69, 9.17) is 19.7 Å². The molecule has 0 spiro atoms. The average Bonchev–Trinajstić information content (AvgIpc) is 2.81. The molecule has 6 heteroatoms. The summed E-state index contributed by atoms with van der Waals surface area (Å²) in [6, 6.07) is 0. The minimum atomic E-state index is -0.314. The van der Waals surface area contributed by atoms with Gasteiger partial charge in [0.25, 0.3) is 5.89 Å². The number of hydrogen-bond acceptors (Lipinski definition) is 6. The van der Waals surface area contributed by atoms with E-state index in [9.17, 15) is 0 Å². The first-order valence-corrected chi connectivity index (χ1v) is 5.49. The maximum Gasteiger partial charge on any atom is 0.257 e. The second-order valence-electron chi connectivity index (χ2n) is 3.86. The van der Waals surface area contributed by atoms with Gasteiger partial charge in [-0.15, -0.1) is 0 Å². The third-order valence-corrected chi connectivity index (χ3v) is 2.76. The molecule has 0 aliphatic carbocycles. The molecule has 2 unspecified atom stereocenters. The van der Waals surface area contributed by atoms with Gasteiger partial charge in [-0.25, -0.2) is 0 Å². The summed E-state index contributed by atoms with van der Waals surface area (Å²) >= 11 is 0. The average molecular weight is 227 g/mol. The molecule has 0 saturated carbocycles. The van der Waals surface area contributed by atoms with E-state index in [2.05, 4.69) is 10.1 Å². The van der Waals surface area contributed by atoms with Crippen molar-refractivity contribution >= 4 is 0 Å². The van der Waals surface area contributed by atoms with E-state index in [0.717, 1.165) is 19.4 Å². The minimum Gasteiger partial charge on any atom is -0.381 e. The topological polar surface area (TPSA) is 83.4 Å². The van der Waals surface area contributed by atoms with Crippen LogP contribution >= 0.6 is 0 Å². The molecule has 1 aliphatic heterocycles. The van der Waals surface area contributed by atoms with E-state index in [1.54, 1.807) is 7.11 Å². The summed E-state index contributed by atoms with van der Waals surface area (Å²) in [6.07, 6.45) is 1.77. The summed E-state index contributed by atoms with van der Waals surface area (Å²) in [6.45, 7) is 1.82. The molecule has 1 aromatic heterocycles. The van der Waals surface area contributed by atoms with Crippen LogP contribution in [0.5, 0.6) is 0 Å². The first kappa shape index (κ1) is 11.5. The van der Waals surface area contributed by atoms with Crippen LogP contribution in [-0.2, 0) is 9.47 Å². The summed E-state index contributed by atoms with van der Waals surface area (Å²) in [5.41, 5.74) is 5.53.